The van der Waals surface area contributed by atoms with E-state index in [9.17, 15) is 9.59 Å². The van der Waals surface area contributed by atoms with Crippen molar-refractivity contribution in [2.45, 2.75) is 33.1 Å². The number of carbonyl (C=O) groups excluding carboxylic acids is 2. The Hall–Kier alpha value is -1.12. The van der Waals surface area contributed by atoms with Crippen molar-refractivity contribution >= 4 is 11.8 Å². The molecule has 0 aromatic rings. The average Bonchev–Trinajstić information content (AvgIpc) is 2.50. The minimum Gasteiger partial charge on any atom is -0.461 e. The van der Waals surface area contributed by atoms with E-state index in [4.69, 9.17) is 4.74 Å². The van der Waals surface area contributed by atoms with Gasteiger partial charge in [-0.3, -0.25) is 9.59 Å². The van der Waals surface area contributed by atoms with Crippen LogP contribution in [-0.2, 0) is 14.3 Å². The van der Waals surface area contributed by atoms with Crippen LogP contribution in [0.3, 0.4) is 0 Å². The predicted octanol–water partition coefficient (Wildman–Crippen LogP) is 1.86. The SMILES string of the molecule is CC(C)=CCOC(=O)C1CCCC1=O. The summed E-state index contributed by atoms with van der Waals surface area (Å²) < 4.78 is 4.97. The van der Waals surface area contributed by atoms with Crippen LogP contribution in [0.15, 0.2) is 11.6 Å². The predicted molar refractivity (Wildman–Crippen MR) is 52.7 cm³/mol. The first-order chi connectivity index (χ1) is 6.61. The van der Waals surface area contributed by atoms with Gasteiger partial charge in [-0.2, -0.15) is 0 Å². The molecule has 0 heterocycles. The van der Waals surface area contributed by atoms with Crippen LogP contribution in [0.1, 0.15) is 33.1 Å². The molecule has 0 bridgehead atoms. The van der Waals surface area contributed by atoms with Crippen molar-refractivity contribution in [1.29, 1.82) is 0 Å². The molecule has 1 fully saturated rings. The quantitative estimate of drug-likeness (QED) is 0.393. The number of ether oxygens (including phenoxy) is 1. The molecule has 0 aliphatic heterocycles. The van der Waals surface area contributed by atoms with Gasteiger partial charge in [-0.05, 0) is 32.8 Å². The van der Waals surface area contributed by atoms with Crippen molar-refractivity contribution in [2.75, 3.05) is 6.61 Å². The Morgan fingerprint density at radius 3 is 2.79 bits per heavy atom. The lowest BCUT2D eigenvalue weighted by atomic mass is 10.1. The molecule has 1 rings (SSSR count). The summed E-state index contributed by atoms with van der Waals surface area (Å²) >= 11 is 0. The molecule has 3 heteroatoms. The Balaban J connectivity index is 2.35. The minimum atomic E-state index is -0.486. The molecular formula is C11H16O3. The van der Waals surface area contributed by atoms with Gasteiger partial charge in [0.2, 0.25) is 0 Å². The number of hydrogen-bond acceptors (Lipinski definition) is 3. The molecule has 0 saturated heterocycles. The van der Waals surface area contributed by atoms with Crippen LogP contribution >= 0.6 is 0 Å². The second-order valence-corrected chi connectivity index (χ2v) is 3.82. The van der Waals surface area contributed by atoms with Gasteiger partial charge in [-0.25, -0.2) is 0 Å². The van der Waals surface area contributed by atoms with Crippen molar-refractivity contribution in [1.82, 2.24) is 0 Å². The van der Waals surface area contributed by atoms with Gasteiger partial charge in [0.25, 0.3) is 0 Å². The summed E-state index contributed by atoms with van der Waals surface area (Å²) in [5.74, 6) is -0.808. The van der Waals surface area contributed by atoms with Gasteiger partial charge < -0.3 is 4.74 Å². The van der Waals surface area contributed by atoms with Crippen LogP contribution in [0, 0.1) is 5.92 Å². The summed E-state index contributed by atoms with van der Waals surface area (Å²) in [7, 11) is 0. The number of hydrogen-bond donors (Lipinski definition) is 0. The average molecular weight is 196 g/mol. The first kappa shape index (κ1) is 11.0. The summed E-state index contributed by atoms with van der Waals surface area (Å²) in [4.78, 5) is 22.6. The summed E-state index contributed by atoms with van der Waals surface area (Å²) in [5, 5.41) is 0. The Kier molecular flexibility index (Phi) is 3.86. The van der Waals surface area contributed by atoms with Gasteiger partial charge >= 0.3 is 5.97 Å². The van der Waals surface area contributed by atoms with E-state index in [1.807, 2.05) is 19.9 Å². The second kappa shape index (κ2) is 4.94. The van der Waals surface area contributed by atoms with Gasteiger partial charge in [0, 0.05) is 6.42 Å². The number of carbonyl (C=O) groups is 2. The normalized spacial score (nSPS) is 20.7. The fourth-order valence-electron chi connectivity index (χ4n) is 1.46. The molecule has 1 unspecified atom stereocenters. The Morgan fingerprint density at radius 1 is 1.57 bits per heavy atom. The third-order valence-electron chi connectivity index (χ3n) is 2.31. The third kappa shape index (κ3) is 2.98. The zero-order valence-electron chi connectivity index (χ0n) is 8.71. The van der Waals surface area contributed by atoms with Crippen LogP contribution < -0.4 is 0 Å². The lowest BCUT2D eigenvalue weighted by Gasteiger charge is -2.06. The molecule has 1 aliphatic rings. The largest absolute Gasteiger partial charge is 0.461 e. The van der Waals surface area contributed by atoms with E-state index in [2.05, 4.69) is 0 Å². The van der Waals surface area contributed by atoms with E-state index in [1.165, 1.54) is 0 Å². The number of esters is 1. The maximum atomic E-state index is 11.4. The summed E-state index contributed by atoms with van der Waals surface area (Å²) in [6.07, 6.45) is 3.84. The van der Waals surface area contributed by atoms with E-state index in [1.54, 1.807) is 0 Å². The van der Waals surface area contributed by atoms with Crippen LogP contribution in [0.4, 0.5) is 0 Å². The van der Waals surface area contributed by atoms with Crippen molar-refractivity contribution in [3.05, 3.63) is 11.6 Å². The zero-order chi connectivity index (χ0) is 10.6. The van der Waals surface area contributed by atoms with Gasteiger partial charge in [0.05, 0.1) is 0 Å². The molecule has 0 amide bonds. The molecule has 3 nitrogen and oxygen atoms in total. The monoisotopic (exact) mass is 196 g/mol. The maximum absolute atomic E-state index is 11.4. The molecule has 0 aromatic heterocycles. The van der Waals surface area contributed by atoms with Crippen LogP contribution in [-0.4, -0.2) is 18.4 Å². The second-order valence-electron chi connectivity index (χ2n) is 3.82. The van der Waals surface area contributed by atoms with E-state index in [0.29, 0.717) is 12.8 Å². The Bertz CT molecular complexity index is 262. The third-order valence-corrected chi connectivity index (χ3v) is 2.31. The molecule has 1 atom stereocenters. The Morgan fingerprint density at radius 2 is 2.29 bits per heavy atom. The van der Waals surface area contributed by atoms with Gasteiger partial charge in [0.15, 0.2) is 0 Å². The lowest BCUT2D eigenvalue weighted by molar-refractivity contribution is -0.149. The molecule has 14 heavy (non-hydrogen) atoms. The topological polar surface area (TPSA) is 43.4 Å². The minimum absolute atomic E-state index is 0.0344. The van der Waals surface area contributed by atoms with Crippen LogP contribution in [0.2, 0.25) is 0 Å². The van der Waals surface area contributed by atoms with E-state index >= 15 is 0 Å². The highest BCUT2D eigenvalue weighted by Crippen LogP contribution is 2.22. The summed E-state index contributed by atoms with van der Waals surface area (Å²) in [6.45, 7) is 4.16. The van der Waals surface area contributed by atoms with Crippen molar-refractivity contribution < 1.29 is 14.3 Å². The fraction of sp³-hybridized carbons (Fsp3) is 0.636. The highest BCUT2D eigenvalue weighted by atomic mass is 16.5. The lowest BCUT2D eigenvalue weighted by Crippen LogP contribution is -2.21. The molecule has 0 spiro atoms. The number of Topliss-reactive ketones (excluding diaryl/α,β-unsaturated/α-hetero) is 1. The van der Waals surface area contributed by atoms with Gasteiger partial charge in [-0.15, -0.1) is 0 Å². The van der Waals surface area contributed by atoms with Crippen molar-refractivity contribution in [3.63, 3.8) is 0 Å². The van der Waals surface area contributed by atoms with Crippen LogP contribution in [0.25, 0.3) is 0 Å². The molecule has 1 aliphatic carbocycles. The van der Waals surface area contributed by atoms with E-state index in [-0.39, 0.29) is 18.4 Å². The standard InChI is InChI=1S/C11H16O3/c1-8(2)6-7-14-11(13)9-4-3-5-10(9)12/h6,9H,3-5,7H2,1-2H3. The number of rotatable bonds is 3. The Labute approximate surface area is 84.1 Å². The van der Waals surface area contributed by atoms with E-state index in [0.717, 1.165) is 12.0 Å². The van der Waals surface area contributed by atoms with Crippen molar-refractivity contribution in [3.8, 4) is 0 Å². The molecule has 0 radical (unpaired) electrons. The van der Waals surface area contributed by atoms with Gasteiger partial charge in [0.1, 0.15) is 18.3 Å². The summed E-state index contributed by atoms with van der Waals surface area (Å²) in [6, 6.07) is 0. The first-order valence-corrected chi connectivity index (χ1v) is 4.94. The number of allylic oxidation sites excluding steroid dienone is 1. The molecular weight excluding hydrogens is 180 g/mol. The number of ketones is 1. The van der Waals surface area contributed by atoms with Crippen molar-refractivity contribution in [2.24, 2.45) is 5.92 Å². The highest BCUT2D eigenvalue weighted by Gasteiger charge is 2.31. The first-order valence-electron chi connectivity index (χ1n) is 4.94. The maximum Gasteiger partial charge on any atom is 0.316 e. The molecule has 78 valence electrons. The molecule has 0 aromatic carbocycles. The van der Waals surface area contributed by atoms with E-state index < -0.39 is 5.92 Å². The van der Waals surface area contributed by atoms with Gasteiger partial charge in [-0.1, -0.05) is 5.57 Å². The van der Waals surface area contributed by atoms with Crippen LogP contribution in [0.5, 0.6) is 0 Å². The highest BCUT2D eigenvalue weighted by molar-refractivity contribution is 6.00. The molecule has 1 saturated carbocycles. The smallest absolute Gasteiger partial charge is 0.316 e. The zero-order valence-corrected chi connectivity index (χ0v) is 8.71. The fourth-order valence-corrected chi connectivity index (χ4v) is 1.46. The molecule has 0 N–H and O–H groups in total. The summed E-state index contributed by atoms with van der Waals surface area (Å²) in [5.41, 5.74) is 1.11.